The number of hydrogen-bond acceptors (Lipinski definition) is 7. The third kappa shape index (κ3) is 6.27. The van der Waals surface area contributed by atoms with Gasteiger partial charge in [0.1, 0.15) is 5.75 Å². The summed E-state index contributed by atoms with van der Waals surface area (Å²) in [5.74, 6) is -0.688. The highest BCUT2D eigenvalue weighted by atomic mass is 32.2. The van der Waals surface area contributed by atoms with Crippen molar-refractivity contribution in [3.05, 3.63) is 90.5 Å². The molecule has 3 aromatic rings. The average Bonchev–Trinajstić information content (AvgIpc) is 3.22. The van der Waals surface area contributed by atoms with Crippen molar-refractivity contribution >= 4 is 42.4 Å². The van der Waals surface area contributed by atoms with Crippen molar-refractivity contribution in [1.82, 2.24) is 0 Å². The molecule has 0 amide bonds. The molecular formula is C31H35FO6SSi. The molecule has 0 N–H and O–H groups in total. The Morgan fingerprint density at radius 1 is 0.875 bits per heavy atom. The Hall–Kier alpha value is -3.14. The number of esters is 2. The highest BCUT2D eigenvalue weighted by molar-refractivity contribution is 8.00. The SMILES string of the molecule is COc1ccc(C(=O)O[C@@H]2[C@@H](CO[Si](c3ccccc3)(c3ccccc3)C(C)(C)C)SC(OC(C)=O)[C@@H]2F)cc1. The molecule has 3 aromatic carbocycles. The molecule has 9 heteroatoms. The van der Waals surface area contributed by atoms with Crippen LogP contribution in [0.3, 0.4) is 0 Å². The van der Waals surface area contributed by atoms with E-state index in [9.17, 15) is 9.59 Å². The van der Waals surface area contributed by atoms with E-state index >= 15 is 4.39 Å². The molecule has 1 unspecified atom stereocenters. The Kier molecular flexibility index (Phi) is 9.38. The third-order valence-corrected chi connectivity index (χ3v) is 13.4. The summed E-state index contributed by atoms with van der Waals surface area (Å²) in [5, 5.41) is 1.26. The summed E-state index contributed by atoms with van der Waals surface area (Å²) in [7, 11) is -1.40. The fraction of sp³-hybridized carbons (Fsp3) is 0.355. The summed E-state index contributed by atoms with van der Waals surface area (Å²) in [6.07, 6.45) is -2.90. The minimum Gasteiger partial charge on any atom is -0.497 e. The highest BCUT2D eigenvalue weighted by Gasteiger charge is 2.54. The summed E-state index contributed by atoms with van der Waals surface area (Å²) in [6.45, 7) is 7.79. The molecule has 4 atom stereocenters. The number of methoxy groups -OCH3 is 1. The largest absolute Gasteiger partial charge is 0.497 e. The second kappa shape index (κ2) is 12.6. The number of carbonyl (C=O) groups excluding carboxylic acids is 2. The first-order valence-corrected chi connectivity index (χ1v) is 16.0. The van der Waals surface area contributed by atoms with Crippen LogP contribution in [0.25, 0.3) is 0 Å². The summed E-state index contributed by atoms with van der Waals surface area (Å²) < 4.78 is 38.9. The molecular weight excluding hydrogens is 547 g/mol. The lowest BCUT2D eigenvalue weighted by Crippen LogP contribution is -2.67. The molecule has 0 aliphatic carbocycles. The fourth-order valence-electron chi connectivity index (χ4n) is 5.10. The highest BCUT2D eigenvalue weighted by Crippen LogP contribution is 2.42. The van der Waals surface area contributed by atoms with Crippen LogP contribution in [0.2, 0.25) is 5.04 Å². The van der Waals surface area contributed by atoms with Gasteiger partial charge >= 0.3 is 11.9 Å². The zero-order valence-electron chi connectivity index (χ0n) is 23.3. The van der Waals surface area contributed by atoms with Gasteiger partial charge in [-0.1, -0.05) is 81.4 Å². The molecule has 212 valence electrons. The molecule has 0 bridgehead atoms. The van der Waals surface area contributed by atoms with E-state index in [1.807, 2.05) is 36.4 Å². The Labute approximate surface area is 240 Å². The maximum absolute atomic E-state index is 15.7. The smallest absolute Gasteiger partial charge is 0.338 e. The molecule has 1 heterocycles. The summed E-state index contributed by atoms with van der Waals surface area (Å²) in [5.41, 5.74) is -0.848. The molecule has 0 spiro atoms. The molecule has 0 saturated carbocycles. The van der Waals surface area contributed by atoms with Gasteiger partial charge in [0.25, 0.3) is 8.32 Å². The van der Waals surface area contributed by atoms with Crippen LogP contribution in [0.15, 0.2) is 84.9 Å². The van der Waals surface area contributed by atoms with Gasteiger partial charge in [-0.25, -0.2) is 9.18 Å². The van der Waals surface area contributed by atoms with Gasteiger partial charge in [-0.15, -0.1) is 11.8 Å². The van der Waals surface area contributed by atoms with Gasteiger partial charge in [-0.3, -0.25) is 4.79 Å². The van der Waals surface area contributed by atoms with Gasteiger partial charge in [-0.05, 0) is 39.7 Å². The first kappa shape index (κ1) is 29.8. The first-order chi connectivity index (χ1) is 19.1. The van der Waals surface area contributed by atoms with Crippen molar-refractivity contribution < 1.29 is 32.6 Å². The topological polar surface area (TPSA) is 71.1 Å². The molecule has 4 rings (SSSR count). The maximum Gasteiger partial charge on any atom is 0.338 e. The second-order valence-corrected chi connectivity index (χ2v) is 16.3. The number of thioether (sulfide) groups is 1. The van der Waals surface area contributed by atoms with E-state index < -0.39 is 43.2 Å². The zero-order valence-corrected chi connectivity index (χ0v) is 25.2. The van der Waals surface area contributed by atoms with Crippen molar-refractivity contribution in [1.29, 1.82) is 0 Å². The Balaban J connectivity index is 1.67. The zero-order chi connectivity index (χ0) is 28.9. The number of carbonyl (C=O) groups is 2. The number of rotatable bonds is 9. The normalized spacial score (nSPS) is 21.1. The van der Waals surface area contributed by atoms with Crippen molar-refractivity contribution in [2.24, 2.45) is 0 Å². The number of alkyl halides is 1. The van der Waals surface area contributed by atoms with Crippen molar-refractivity contribution in [2.75, 3.05) is 13.7 Å². The van der Waals surface area contributed by atoms with Gasteiger partial charge in [0, 0.05) is 6.92 Å². The van der Waals surface area contributed by atoms with Crippen LogP contribution in [0, 0.1) is 0 Å². The van der Waals surface area contributed by atoms with E-state index in [1.165, 1.54) is 14.0 Å². The van der Waals surface area contributed by atoms with E-state index in [1.54, 1.807) is 24.3 Å². The number of benzene rings is 3. The number of halogens is 1. The second-order valence-electron chi connectivity index (χ2n) is 10.7. The molecule has 1 fully saturated rings. The van der Waals surface area contributed by atoms with Crippen LogP contribution in [-0.4, -0.2) is 56.9 Å². The molecule has 0 radical (unpaired) electrons. The van der Waals surface area contributed by atoms with E-state index in [0.29, 0.717) is 5.75 Å². The van der Waals surface area contributed by atoms with Gasteiger partial charge in [-0.2, -0.15) is 0 Å². The third-order valence-electron chi connectivity index (χ3n) is 6.98. The first-order valence-electron chi connectivity index (χ1n) is 13.1. The molecule has 1 aliphatic rings. The maximum atomic E-state index is 15.7. The van der Waals surface area contributed by atoms with E-state index in [0.717, 1.165) is 22.1 Å². The molecule has 6 nitrogen and oxygen atoms in total. The lowest BCUT2D eigenvalue weighted by atomic mass is 10.1. The van der Waals surface area contributed by atoms with Crippen LogP contribution in [-0.2, 0) is 18.7 Å². The Bertz CT molecular complexity index is 1240. The van der Waals surface area contributed by atoms with Crippen molar-refractivity contribution in [3.63, 3.8) is 0 Å². The number of ether oxygens (including phenoxy) is 3. The monoisotopic (exact) mass is 582 g/mol. The molecule has 1 saturated heterocycles. The minimum absolute atomic E-state index is 0.0939. The summed E-state index contributed by atoms with van der Waals surface area (Å²) in [6, 6.07) is 26.6. The predicted octanol–water partition coefficient (Wildman–Crippen LogP) is 5.14. The fourth-order valence-corrected chi connectivity index (χ4v) is 11.2. The Morgan fingerprint density at radius 2 is 1.43 bits per heavy atom. The standard InChI is InChI=1S/C31H35FO6SSi/c1-21(33)37-30-27(32)28(38-29(34)22-16-18-23(35-5)19-17-22)26(39-30)20-36-40(31(2,3)4,24-12-8-6-9-13-24)25-14-10-7-11-15-25/h6-19,26-28,30H,20H2,1-5H3/t26-,27-,28-,30?/m1/s1. The van der Waals surface area contributed by atoms with Gasteiger partial charge in [0.15, 0.2) is 17.7 Å². The minimum atomic E-state index is -2.93. The van der Waals surface area contributed by atoms with Gasteiger partial charge in [0.05, 0.1) is 24.5 Å². The van der Waals surface area contributed by atoms with Crippen molar-refractivity contribution in [2.45, 2.75) is 55.7 Å². The van der Waals surface area contributed by atoms with Crippen LogP contribution >= 0.6 is 11.8 Å². The van der Waals surface area contributed by atoms with E-state index in [4.69, 9.17) is 18.6 Å². The molecule has 40 heavy (non-hydrogen) atoms. The van der Waals surface area contributed by atoms with Crippen molar-refractivity contribution in [3.8, 4) is 5.75 Å². The lowest BCUT2D eigenvalue weighted by molar-refractivity contribution is -0.145. The van der Waals surface area contributed by atoms with Crippen LogP contribution < -0.4 is 15.1 Å². The van der Waals surface area contributed by atoms with Crippen LogP contribution in [0.1, 0.15) is 38.1 Å². The van der Waals surface area contributed by atoms with Gasteiger partial charge in [0.2, 0.25) is 0 Å². The molecule has 1 aliphatic heterocycles. The number of hydrogen-bond donors (Lipinski definition) is 0. The van der Waals surface area contributed by atoms with E-state index in [2.05, 4.69) is 45.0 Å². The summed E-state index contributed by atoms with van der Waals surface area (Å²) in [4.78, 5) is 24.8. The average molecular weight is 583 g/mol. The quantitative estimate of drug-likeness (QED) is 0.256. The predicted molar refractivity (Wildman–Crippen MR) is 158 cm³/mol. The molecule has 0 aromatic heterocycles. The van der Waals surface area contributed by atoms with Crippen LogP contribution in [0.4, 0.5) is 4.39 Å². The van der Waals surface area contributed by atoms with Crippen LogP contribution in [0.5, 0.6) is 5.75 Å². The lowest BCUT2D eigenvalue weighted by Gasteiger charge is -2.43. The Morgan fingerprint density at radius 3 is 1.90 bits per heavy atom. The summed E-state index contributed by atoms with van der Waals surface area (Å²) >= 11 is 1.12. The van der Waals surface area contributed by atoms with Gasteiger partial charge < -0.3 is 18.6 Å². The van der Waals surface area contributed by atoms with E-state index in [-0.39, 0.29) is 17.2 Å².